The van der Waals surface area contributed by atoms with Crippen molar-refractivity contribution in [1.29, 1.82) is 0 Å². The van der Waals surface area contributed by atoms with E-state index in [1.54, 1.807) is 6.07 Å². The van der Waals surface area contributed by atoms with Gasteiger partial charge >= 0.3 is 0 Å². The van der Waals surface area contributed by atoms with Gasteiger partial charge in [0.15, 0.2) is 0 Å². The normalized spacial score (nSPS) is 13.9. The second-order valence-corrected chi connectivity index (χ2v) is 5.25. The van der Waals surface area contributed by atoms with Gasteiger partial charge in [-0.2, -0.15) is 0 Å². The Morgan fingerprint density at radius 1 is 1.33 bits per heavy atom. The first kappa shape index (κ1) is 12.5. The van der Waals surface area contributed by atoms with E-state index in [1.807, 2.05) is 18.2 Å². The highest BCUT2D eigenvalue weighted by molar-refractivity contribution is 6.31. The summed E-state index contributed by atoms with van der Waals surface area (Å²) in [5.74, 6) is 0. The number of halogens is 1. The third-order valence-corrected chi connectivity index (χ3v) is 2.56. The van der Waals surface area contributed by atoms with E-state index in [0.717, 1.165) is 5.56 Å². The lowest BCUT2D eigenvalue weighted by Gasteiger charge is -2.20. The van der Waals surface area contributed by atoms with E-state index in [1.165, 1.54) is 0 Å². The fourth-order valence-electron chi connectivity index (χ4n) is 1.34. The molecule has 15 heavy (non-hydrogen) atoms. The average Bonchev–Trinajstić information content (AvgIpc) is 2.14. The minimum Gasteiger partial charge on any atom is -0.382 e. The SMILES string of the molecule is CC(C)(C)[NH2+]CC(O)c1ccccc1Cl. The van der Waals surface area contributed by atoms with E-state index in [4.69, 9.17) is 11.6 Å². The molecule has 0 saturated heterocycles. The Morgan fingerprint density at radius 3 is 2.47 bits per heavy atom. The van der Waals surface area contributed by atoms with Gasteiger partial charge in [0.2, 0.25) is 0 Å². The maximum atomic E-state index is 9.95. The molecule has 0 heterocycles. The summed E-state index contributed by atoms with van der Waals surface area (Å²) < 4.78 is 0. The Kier molecular flexibility index (Phi) is 4.14. The van der Waals surface area contributed by atoms with E-state index in [9.17, 15) is 5.11 Å². The molecule has 0 fully saturated rings. The number of rotatable bonds is 3. The van der Waals surface area contributed by atoms with Crippen LogP contribution in [0.15, 0.2) is 24.3 Å². The maximum Gasteiger partial charge on any atom is 0.129 e. The van der Waals surface area contributed by atoms with E-state index in [0.29, 0.717) is 11.6 Å². The standard InChI is InChI=1S/C12H18ClNO/c1-12(2,3)14-8-11(15)9-6-4-5-7-10(9)13/h4-7,11,14-15H,8H2,1-3H3/p+1. The second-order valence-electron chi connectivity index (χ2n) is 4.84. The number of benzene rings is 1. The number of aliphatic hydroxyl groups excluding tert-OH is 1. The van der Waals surface area contributed by atoms with Crippen molar-refractivity contribution in [3.63, 3.8) is 0 Å². The average molecular weight is 229 g/mol. The van der Waals surface area contributed by atoms with Gasteiger partial charge in [-0.25, -0.2) is 0 Å². The summed E-state index contributed by atoms with van der Waals surface area (Å²) in [6.45, 7) is 6.98. The molecule has 1 atom stereocenters. The summed E-state index contributed by atoms with van der Waals surface area (Å²) in [6.07, 6.45) is -0.502. The number of nitrogens with two attached hydrogens (primary N) is 1. The fourth-order valence-corrected chi connectivity index (χ4v) is 1.60. The highest BCUT2D eigenvalue weighted by Crippen LogP contribution is 2.21. The van der Waals surface area contributed by atoms with Crippen LogP contribution < -0.4 is 5.32 Å². The zero-order chi connectivity index (χ0) is 11.5. The van der Waals surface area contributed by atoms with Crippen LogP contribution in [0.3, 0.4) is 0 Å². The van der Waals surface area contributed by atoms with Crippen LogP contribution in [0, 0.1) is 0 Å². The molecule has 1 aromatic carbocycles. The van der Waals surface area contributed by atoms with Gasteiger partial charge in [-0.1, -0.05) is 29.8 Å². The molecule has 0 saturated carbocycles. The molecule has 0 bridgehead atoms. The molecule has 3 N–H and O–H groups in total. The molecule has 0 aromatic heterocycles. The van der Waals surface area contributed by atoms with Crippen LogP contribution in [-0.4, -0.2) is 17.2 Å². The second kappa shape index (κ2) is 4.97. The lowest BCUT2D eigenvalue weighted by molar-refractivity contribution is -0.722. The van der Waals surface area contributed by atoms with Crippen LogP contribution in [0.5, 0.6) is 0 Å². The van der Waals surface area contributed by atoms with Gasteiger partial charge in [0.25, 0.3) is 0 Å². The number of hydrogen-bond acceptors (Lipinski definition) is 1. The largest absolute Gasteiger partial charge is 0.382 e. The van der Waals surface area contributed by atoms with Crippen LogP contribution >= 0.6 is 11.6 Å². The Bertz CT molecular complexity index is 320. The zero-order valence-corrected chi connectivity index (χ0v) is 10.3. The summed E-state index contributed by atoms with van der Waals surface area (Å²) in [5.41, 5.74) is 0.932. The molecule has 0 aliphatic heterocycles. The highest BCUT2D eigenvalue weighted by atomic mass is 35.5. The summed E-state index contributed by atoms with van der Waals surface area (Å²) in [6, 6.07) is 7.42. The molecule has 0 aliphatic rings. The molecule has 1 aromatic rings. The third kappa shape index (κ3) is 4.20. The Balaban J connectivity index is 2.62. The van der Waals surface area contributed by atoms with Gasteiger partial charge < -0.3 is 10.4 Å². The zero-order valence-electron chi connectivity index (χ0n) is 9.50. The minimum atomic E-state index is -0.502. The highest BCUT2D eigenvalue weighted by Gasteiger charge is 2.18. The topological polar surface area (TPSA) is 36.8 Å². The van der Waals surface area contributed by atoms with Crippen LogP contribution in [0.2, 0.25) is 5.02 Å². The fraction of sp³-hybridized carbons (Fsp3) is 0.500. The molecule has 0 radical (unpaired) electrons. The van der Waals surface area contributed by atoms with Crippen molar-refractivity contribution < 1.29 is 10.4 Å². The van der Waals surface area contributed by atoms with Gasteiger partial charge in [-0.15, -0.1) is 0 Å². The summed E-state index contributed by atoms with van der Waals surface area (Å²) in [5, 5.41) is 12.7. The molecule has 0 amide bonds. The van der Waals surface area contributed by atoms with Crippen LogP contribution in [0.1, 0.15) is 32.4 Å². The predicted octanol–water partition coefficient (Wildman–Crippen LogP) is 1.74. The van der Waals surface area contributed by atoms with E-state index in [2.05, 4.69) is 26.1 Å². The Morgan fingerprint density at radius 2 is 1.93 bits per heavy atom. The molecule has 0 spiro atoms. The number of quaternary nitrogens is 1. The molecule has 0 aliphatic carbocycles. The quantitative estimate of drug-likeness (QED) is 0.813. The van der Waals surface area contributed by atoms with Crippen LogP contribution in [0.25, 0.3) is 0 Å². The molecule has 1 unspecified atom stereocenters. The Labute approximate surface area is 96.3 Å². The molecule has 3 heteroatoms. The van der Waals surface area contributed by atoms with E-state index in [-0.39, 0.29) is 5.54 Å². The van der Waals surface area contributed by atoms with Crippen molar-refractivity contribution in [2.45, 2.75) is 32.4 Å². The van der Waals surface area contributed by atoms with Crippen molar-refractivity contribution in [3.05, 3.63) is 34.9 Å². The molecular weight excluding hydrogens is 210 g/mol. The van der Waals surface area contributed by atoms with E-state index < -0.39 is 6.10 Å². The summed E-state index contributed by atoms with van der Waals surface area (Å²) >= 11 is 6.00. The molecule has 2 nitrogen and oxygen atoms in total. The first-order chi connectivity index (χ1) is 6.90. The minimum absolute atomic E-state index is 0.127. The van der Waals surface area contributed by atoms with Crippen molar-refractivity contribution in [2.75, 3.05) is 6.54 Å². The van der Waals surface area contributed by atoms with Crippen molar-refractivity contribution in [3.8, 4) is 0 Å². The summed E-state index contributed by atoms with van der Waals surface area (Å²) in [7, 11) is 0. The van der Waals surface area contributed by atoms with Crippen LogP contribution in [0.4, 0.5) is 0 Å². The predicted molar refractivity (Wildman–Crippen MR) is 63.0 cm³/mol. The first-order valence-electron chi connectivity index (χ1n) is 5.17. The van der Waals surface area contributed by atoms with Gasteiger partial charge in [-0.3, -0.25) is 0 Å². The molecular formula is C12H19ClNO+. The Hall–Kier alpha value is -0.570. The van der Waals surface area contributed by atoms with Crippen molar-refractivity contribution >= 4 is 11.6 Å². The maximum absolute atomic E-state index is 9.95. The van der Waals surface area contributed by atoms with Gasteiger partial charge in [0.05, 0.1) is 5.54 Å². The molecule has 84 valence electrons. The van der Waals surface area contributed by atoms with Gasteiger partial charge in [0, 0.05) is 10.6 Å². The van der Waals surface area contributed by atoms with Crippen LogP contribution in [-0.2, 0) is 0 Å². The van der Waals surface area contributed by atoms with Gasteiger partial charge in [0.1, 0.15) is 12.6 Å². The summed E-state index contributed by atoms with van der Waals surface area (Å²) in [4.78, 5) is 0. The first-order valence-corrected chi connectivity index (χ1v) is 5.55. The number of aliphatic hydroxyl groups is 1. The number of hydrogen-bond donors (Lipinski definition) is 2. The third-order valence-electron chi connectivity index (χ3n) is 2.22. The lowest BCUT2D eigenvalue weighted by Crippen LogP contribution is -2.95. The van der Waals surface area contributed by atoms with Crippen molar-refractivity contribution in [2.24, 2.45) is 0 Å². The molecule has 1 rings (SSSR count). The smallest absolute Gasteiger partial charge is 0.129 e. The monoisotopic (exact) mass is 228 g/mol. The lowest BCUT2D eigenvalue weighted by atomic mass is 10.1. The van der Waals surface area contributed by atoms with Gasteiger partial charge in [-0.05, 0) is 26.8 Å². The van der Waals surface area contributed by atoms with Crippen molar-refractivity contribution in [1.82, 2.24) is 0 Å². The van der Waals surface area contributed by atoms with E-state index >= 15 is 0 Å².